The molecule has 0 bridgehead atoms. The summed E-state index contributed by atoms with van der Waals surface area (Å²) in [7, 11) is 0. The van der Waals surface area contributed by atoms with Crippen molar-refractivity contribution < 1.29 is 9.32 Å². The Kier molecular flexibility index (Phi) is 4.23. The summed E-state index contributed by atoms with van der Waals surface area (Å²) in [4.78, 5) is 20.0. The first-order valence-corrected chi connectivity index (χ1v) is 9.34. The van der Waals surface area contributed by atoms with Gasteiger partial charge in [0.2, 0.25) is 0 Å². The van der Waals surface area contributed by atoms with E-state index in [-0.39, 0.29) is 17.9 Å². The van der Waals surface area contributed by atoms with Crippen molar-refractivity contribution in [3.63, 3.8) is 0 Å². The molecule has 4 rings (SSSR count). The fourth-order valence-corrected chi connectivity index (χ4v) is 3.70. The lowest BCUT2D eigenvalue weighted by molar-refractivity contribution is 0.0910. The number of hydrogen-bond donors (Lipinski definition) is 1. The smallest absolute Gasteiger partial charge is 0.259 e. The zero-order valence-electron chi connectivity index (χ0n) is 15.2. The van der Waals surface area contributed by atoms with E-state index >= 15 is 0 Å². The van der Waals surface area contributed by atoms with Crippen LogP contribution in [0.4, 0.5) is 0 Å². The van der Waals surface area contributed by atoms with Crippen LogP contribution >= 0.6 is 0 Å². The van der Waals surface area contributed by atoms with Crippen molar-refractivity contribution >= 4 is 17.0 Å². The molecule has 1 saturated carbocycles. The predicted octanol–water partition coefficient (Wildman–Crippen LogP) is 3.01. The zero-order chi connectivity index (χ0) is 17.6. The molecule has 2 aromatic rings. The molecule has 1 aliphatic heterocycles. The number of hydrogen-bond acceptors (Lipinski definition) is 5. The summed E-state index contributed by atoms with van der Waals surface area (Å²) in [5.74, 6) is 0.189. The van der Waals surface area contributed by atoms with Crippen LogP contribution in [0.15, 0.2) is 10.6 Å². The summed E-state index contributed by atoms with van der Waals surface area (Å²) in [5, 5.41) is 7.96. The fraction of sp³-hybridized carbons (Fsp3) is 0.632. The molecule has 1 amide bonds. The first-order valence-electron chi connectivity index (χ1n) is 9.34. The quantitative estimate of drug-likeness (QED) is 0.925. The number of pyridine rings is 1. The molecule has 0 spiro atoms. The molecule has 25 heavy (non-hydrogen) atoms. The van der Waals surface area contributed by atoms with Crippen LogP contribution in [-0.4, -0.2) is 46.1 Å². The van der Waals surface area contributed by atoms with Gasteiger partial charge in [-0.1, -0.05) is 19.0 Å². The lowest BCUT2D eigenvalue weighted by Gasteiger charge is -2.32. The van der Waals surface area contributed by atoms with E-state index in [0.29, 0.717) is 17.0 Å². The van der Waals surface area contributed by atoms with Gasteiger partial charge in [0.15, 0.2) is 0 Å². The lowest BCUT2D eigenvalue weighted by Crippen LogP contribution is -2.45. The highest BCUT2D eigenvalue weighted by Crippen LogP contribution is 2.30. The Morgan fingerprint density at radius 3 is 2.64 bits per heavy atom. The average molecular weight is 342 g/mol. The van der Waals surface area contributed by atoms with Gasteiger partial charge in [-0.2, -0.15) is 0 Å². The summed E-state index contributed by atoms with van der Waals surface area (Å²) < 4.78 is 5.32. The number of carbonyl (C=O) groups is 1. The molecule has 0 aromatic carbocycles. The normalized spacial score (nSPS) is 19.7. The monoisotopic (exact) mass is 342 g/mol. The number of aromatic nitrogens is 2. The number of nitrogens with one attached hydrogen (secondary N) is 1. The number of aryl methyl sites for hydroxylation is 1. The van der Waals surface area contributed by atoms with E-state index < -0.39 is 0 Å². The molecule has 0 atom stereocenters. The van der Waals surface area contributed by atoms with Gasteiger partial charge < -0.3 is 14.7 Å². The van der Waals surface area contributed by atoms with Gasteiger partial charge in [-0.15, -0.1) is 0 Å². The van der Waals surface area contributed by atoms with Crippen LogP contribution in [-0.2, 0) is 0 Å². The standard InChI is InChI=1S/C19H26N4O2/c1-11(2)16-10-15(17-12(3)22-25-19(17)21-16)18(24)20-13-6-8-23(9-7-13)14-4-5-14/h10-11,13-14H,4-9H2,1-3H3,(H,20,24). The van der Waals surface area contributed by atoms with Crippen LogP contribution in [0.2, 0.25) is 0 Å². The van der Waals surface area contributed by atoms with Crippen molar-refractivity contribution in [3.8, 4) is 0 Å². The van der Waals surface area contributed by atoms with Gasteiger partial charge >= 0.3 is 0 Å². The Hall–Kier alpha value is -1.95. The van der Waals surface area contributed by atoms with E-state index in [1.54, 1.807) is 0 Å². The van der Waals surface area contributed by atoms with Crippen LogP contribution < -0.4 is 5.32 Å². The Balaban J connectivity index is 1.54. The van der Waals surface area contributed by atoms with Gasteiger partial charge in [0.25, 0.3) is 11.6 Å². The molecule has 1 N–H and O–H groups in total. The molecule has 3 heterocycles. The minimum atomic E-state index is -0.0366. The van der Waals surface area contributed by atoms with E-state index in [4.69, 9.17) is 4.52 Å². The molecule has 2 aliphatic rings. The second kappa shape index (κ2) is 6.41. The number of nitrogens with zero attached hydrogens (tertiary/aromatic N) is 3. The van der Waals surface area contributed by atoms with Crippen LogP contribution in [0.5, 0.6) is 0 Å². The zero-order valence-corrected chi connectivity index (χ0v) is 15.2. The minimum absolute atomic E-state index is 0.0366. The maximum Gasteiger partial charge on any atom is 0.259 e. The van der Waals surface area contributed by atoms with Gasteiger partial charge in [-0.3, -0.25) is 4.79 Å². The molecule has 6 heteroatoms. The topological polar surface area (TPSA) is 71.3 Å². The van der Waals surface area contributed by atoms with Crippen LogP contribution in [0.25, 0.3) is 11.1 Å². The summed E-state index contributed by atoms with van der Waals surface area (Å²) >= 11 is 0. The van der Waals surface area contributed by atoms with E-state index in [2.05, 4.69) is 34.2 Å². The fourth-order valence-electron chi connectivity index (χ4n) is 3.70. The number of carbonyl (C=O) groups excluding carboxylic acids is 1. The van der Waals surface area contributed by atoms with E-state index in [0.717, 1.165) is 43.1 Å². The number of likely N-dealkylation sites (tertiary alicyclic amines) is 1. The van der Waals surface area contributed by atoms with Gasteiger partial charge in [0, 0.05) is 30.9 Å². The highest BCUT2D eigenvalue weighted by Gasteiger charge is 2.32. The Morgan fingerprint density at radius 1 is 1.28 bits per heavy atom. The molecule has 6 nitrogen and oxygen atoms in total. The molecule has 1 aliphatic carbocycles. The number of amides is 1. The molecular formula is C19H26N4O2. The molecule has 2 aromatic heterocycles. The molecule has 134 valence electrons. The van der Waals surface area contributed by atoms with Crippen molar-refractivity contribution in [1.82, 2.24) is 20.4 Å². The first kappa shape index (κ1) is 16.5. The average Bonchev–Trinajstić information content (AvgIpc) is 3.38. The van der Waals surface area contributed by atoms with Crippen LogP contribution in [0, 0.1) is 6.92 Å². The number of fused-ring (bicyclic) bond motifs is 1. The van der Waals surface area contributed by atoms with Crippen molar-refractivity contribution in [3.05, 3.63) is 23.0 Å². The van der Waals surface area contributed by atoms with Gasteiger partial charge in [-0.05, 0) is 44.6 Å². The van der Waals surface area contributed by atoms with Gasteiger partial charge in [-0.25, -0.2) is 4.98 Å². The third kappa shape index (κ3) is 3.27. The molecule has 0 radical (unpaired) electrons. The summed E-state index contributed by atoms with van der Waals surface area (Å²) in [6, 6.07) is 2.95. The lowest BCUT2D eigenvalue weighted by atomic mass is 10.0. The van der Waals surface area contributed by atoms with Crippen LogP contribution in [0.1, 0.15) is 67.2 Å². The Bertz CT molecular complexity index is 786. The number of rotatable bonds is 4. The van der Waals surface area contributed by atoms with Gasteiger partial charge in [0.05, 0.1) is 16.6 Å². The van der Waals surface area contributed by atoms with Crippen LogP contribution in [0.3, 0.4) is 0 Å². The van der Waals surface area contributed by atoms with E-state index in [1.165, 1.54) is 12.8 Å². The molecule has 0 unspecified atom stereocenters. The van der Waals surface area contributed by atoms with Gasteiger partial charge in [0.1, 0.15) is 0 Å². The van der Waals surface area contributed by atoms with Crippen molar-refractivity contribution in [2.75, 3.05) is 13.1 Å². The second-order valence-electron chi connectivity index (χ2n) is 7.71. The third-order valence-corrected chi connectivity index (χ3v) is 5.40. The van der Waals surface area contributed by atoms with Crippen molar-refractivity contribution in [1.29, 1.82) is 0 Å². The largest absolute Gasteiger partial charge is 0.349 e. The Morgan fingerprint density at radius 2 is 2.00 bits per heavy atom. The molecule has 1 saturated heterocycles. The van der Waals surface area contributed by atoms with E-state index in [9.17, 15) is 4.79 Å². The highest BCUT2D eigenvalue weighted by atomic mass is 16.5. The van der Waals surface area contributed by atoms with Crippen molar-refractivity contribution in [2.24, 2.45) is 0 Å². The number of piperidine rings is 1. The molecular weight excluding hydrogens is 316 g/mol. The first-order chi connectivity index (χ1) is 12.0. The highest BCUT2D eigenvalue weighted by molar-refractivity contribution is 6.06. The maximum atomic E-state index is 13.0. The third-order valence-electron chi connectivity index (χ3n) is 5.40. The van der Waals surface area contributed by atoms with E-state index in [1.807, 2.05) is 13.0 Å². The predicted molar refractivity (Wildman–Crippen MR) is 95.7 cm³/mol. The SMILES string of the molecule is Cc1noc2nc(C(C)C)cc(C(=O)NC3CCN(C4CC4)CC3)c12. The summed E-state index contributed by atoms with van der Waals surface area (Å²) in [6.07, 6.45) is 4.74. The maximum absolute atomic E-state index is 13.0. The summed E-state index contributed by atoms with van der Waals surface area (Å²) in [5.41, 5.74) is 2.67. The Labute approximate surface area is 148 Å². The summed E-state index contributed by atoms with van der Waals surface area (Å²) in [6.45, 7) is 8.16. The molecule has 2 fully saturated rings. The minimum Gasteiger partial charge on any atom is -0.349 e. The van der Waals surface area contributed by atoms with Crippen molar-refractivity contribution in [2.45, 2.75) is 64.5 Å². The second-order valence-corrected chi connectivity index (χ2v) is 7.71.